The number of hydrogen-bond donors (Lipinski definition) is 0. The zero-order chi connectivity index (χ0) is 24.3. The lowest BCUT2D eigenvalue weighted by Gasteiger charge is -2.31. The molecular weight excluding hydrogens is 558 g/mol. The number of halogens is 4. The van der Waals surface area contributed by atoms with Crippen molar-refractivity contribution in [3.05, 3.63) is 39.5 Å². The van der Waals surface area contributed by atoms with Gasteiger partial charge in [0, 0.05) is 6.54 Å². The lowest BCUT2D eigenvalue weighted by atomic mass is 9.87. The molecule has 34 heavy (non-hydrogen) atoms. The first-order valence-corrected chi connectivity index (χ1v) is 13.2. The van der Waals surface area contributed by atoms with Crippen LogP contribution in [0.25, 0.3) is 10.8 Å². The quantitative estimate of drug-likeness (QED) is 0.277. The number of rotatable bonds is 6. The second-order valence-electron chi connectivity index (χ2n) is 9.37. The number of ether oxygens (including phenoxy) is 2. The molecule has 4 rings (SSSR count). The van der Waals surface area contributed by atoms with Gasteiger partial charge in [0.25, 0.3) is 0 Å². The first-order chi connectivity index (χ1) is 16.2. The van der Waals surface area contributed by atoms with Gasteiger partial charge in [-0.2, -0.15) is 13.2 Å². The lowest BCUT2D eigenvalue weighted by molar-refractivity contribution is -0.185. The van der Waals surface area contributed by atoms with Gasteiger partial charge in [0.05, 0.1) is 28.1 Å². The summed E-state index contributed by atoms with van der Waals surface area (Å²) in [7, 11) is 0. The molecule has 1 saturated heterocycles. The molecule has 1 heterocycles. The van der Waals surface area contributed by atoms with E-state index in [9.17, 15) is 18.0 Å². The Labute approximate surface area is 212 Å². The van der Waals surface area contributed by atoms with Gasteiger partial charge in [-0.05, 0) is 110 Å². The number of benzene rings is 2. The average molecular weight is 589 g/mol. The van der Waals surface area contributed by atoms with Crippen molar-refractivity contribution in [2.75, 3.05) is 19.7 Å². The summed E-state index contributed by atoms with van der Waals surface area (Å²) in [6.07, 6.45) is -1.46. The summed E-state index contributed by atoms with van der Waals surface area (Å²) in [5.74, 6) is -0.514. The molecule has 1 aliphatic heterocycles. The molecule has 2 aromatic carbocycles. The molecule has 0 spiro atoms. The van der Waals surface area contributed by atoms with E-state index >= 15 is 0 Å². The van der Waals surface area contributed by atoms with Crippen molar-refractivity contribution in [1.29, 1.82) is 0 Å². The number of alkyl halides is 3. The van der Waals surface area contributed by atoms with Crippen LogP contribution in [-0.2, 0) is 16.1 Å². The first-order valence-electron chi connectivity index (χ1n) is 12.1. The predicted molar refractivity (Wildman–Crippen MR) is 134 cm³/mol. The summed E-state index contributed by atoms with van der Waals surface area (Å²) in [6.45, 7) is 4.86. The summed E-state index contributed by atoms with van der Waals surface area (Å²) >= 11 is 2.27. The third-order valence-electron chi connectivity index (χ3n) is 7.03. The second-order valence-corrected chi connectivity index (χ2v) is 10.4. The van der Waals surface area contributed by atoms with E-state index in [1.165, 1.54) is 5.56 Å². The molecule has 186 valence electrons. The van der Waals surface area contributed by atoms with Crippen LogP contribution in [0, 0.1) is 15.4 Å². The Bertz CT molecular complexity index is 997. The van der Waals surface area contributed by atoms with E-state index in [2.05, 4.69) is 45.7 Å². The van der Waals surface area contributed by atoms with E-state index in [0.29, 0.717) is 19.4 Å². The highest BCUT2D eigenvalue weighted by Crippen LogP contribution is 2.39. The lowest BCUT2D eigenvalue weighted by Crippen LogP contribution is -2.36. The van der Waals surface area contributed by atoms with E-state index in [4.69, 9.17) is 9.47 Å². The van der Waals surface area contributed by atoms with Gasteiger partial charge in [-0.15, -0.1) is 0 Å². The Morgan fingerprint density at radius 2 is 1.76 bits per heavy atom. The minimum atomic E-state index is -4.10. The third-order valence-corrected chi connectivity index (χ3v) is 8.14. The van der Waals surface area contributed by atoms with Crippen LogP contribution in [0.5, 0.6) is 5.75 Å². The minimum Gasteiger partial charge on any atom is -0.489 e. The van der Waals surface area contributed by atoms with Crippen LogP contribution in [0.1, 0.15) is 51.0 Å². The van der Waals surface area contributed by atoms with Crippen LogP contribution in [-0.4, -0.2) is 42.8 Å². The Morgan fingerprint density at radius 3 is 2.41 bits per heavy atom. The van der Waals surface area contributed by atoms with E-state index in [1.54, 1.807) is 0 Å². The molecule has 2 aliphatic rings. The molecule has 0 radical (unpaired) electrons. The number of carbonyl (C=O) groups excluding carboxylic acids is 1. The number of nitrogens with zero attached hydrogens (tertiary/aromatic N) is 1. The first kappa shape index (κ1) is 25.5. The topological polar surface area (TPSA) is 38.8 Å². The molecule has 0 amide bonds. The fraction of sp³-hybridized carbons (Fsp3) is 0.577. The van der Waals surface area contributed by atoms with Gasteiger partial charge in [0.2, 0.25) is 0 Å². The van der Waals surface area contributed by atoms with Crippen molar-refractivity contribution in [2.24, 2.45) is 11.8 Å². The van der Waals surface area contributed by atoms with E-state index in [0.717, 1.165) is 52.6 Å². The van der Waals surface area contributed by atoms with Gasteiger partial charge in [-0.3, -0.25) is 9.69 Å². The fourth-order valence-electron chi connectivity index (χ4n) is 5.04. The number of piperidine rings is 1. The maximum atomic E-state index is 12.9. The van der Waals surface area contributed by atoms with Crippen LogP contribution < -0.4 is 4.74 Å². The molecule has 0 bridgehead atoms. The molecule has 0 N–H and O–H groups in total. The highest BCUT2D eigenvalue weighted by atomic mass is 127. The SMILES string of the molecule is CCOC(=O)C1CCN(Cc2ccc3c(I)c(O[C@H]4CC[C@@H](C(F)(F)F)CC4)ccc3c2)CC1. The van der Waals surface area contributed by atoms with Gasteiger partial charge in [0.1, 0.15) is 5.75 Å². The highest BCUT2D eigenvalue weighted by molar-refractivity contribution is 14.1. The molecule has 0 aromatic heterocycles. The van der Waals surface area contributed by atoms with Crippen LogP contribution >= 0.6 is 22.6 Å². The van der Waals surface area contributed by atoms with Crippen LogP contribution in [0.3, 0.4) is 0 Å². The van der Waals surface area contributed by atoms with Gasteiger partial charge in [-0.1, -0.05) is 18.2 Å². The Hall–Kier alpha value is -1.55. The molecule has 4 nitrogen and oxygen atoms in total. The van der Waals surface area contributed by atoms with Crippen molar-refractivity contribution >= 4 is 39.3 Å². The molecule has 2 aromatic rings. The fourth-order valence-corrected chi connectivity index (χ4v) is 5.84. The van der Waals surface area contributed by atoms with Crippen molar-refractivity contribution in [1.82, 2.24) is 4.90 Å². The molecule has 2 fully saturated rings. The Kier molecular flexibility index (Phi) is 8.28. The van der Waals surface area contributed by atoms with E-state index in [-0.39, 0.29) is 30.8 Å². The molecule has 1 aliphatic carbocycles. The van der Waals surface area contributed by atoms with Crippen LogP contribution in [0.4, 0.5) is 13.2 Å². The molecule has 8 heteroatoms. The number of carbonyl (C=O) groups is 1. The maximum Gasteiger partial charge on any atom is 0.391 e. The van der Waals surface area contributed by atoms with Gasteiger partial charge < -0.3 is 9.47 Å². The minimum absolute atomic E-state index is 0.0105. The summed E-state index contributed by atoms with van der Waals surface area (Å²) in [5.41, 5.74) is 1.22. The largest absolute Gasteiger partial charge is 0.489 e. The van der Waals surface area contributed by atoms with Gasteiger partial charge in [-0.25, -0.2) is 0 Å². The predicted octanol–water partition coefficient (Wildman–Crippen LogP) is 6.72. The van der Waals surface area contributed by atoms with Crippen molar-refractivity contribution in [3.8, 4) is 5.75 Å². The normalized spacial score (nSPS) is 22.6. The molecule has 0 unspecified atom stereocenters. The zero-order valence-electron chi connectivity index (χ0n) is 19.4. The summed E-state index contributed by atoms with van der Waals surface area (Å²) < 4.78 is 51.1. The van der Waals surface area contributed by atoms with E-state index < -0.39 is 12.1 Å². The van der Waals surface area contributed by atoms with E-state index in [1.807, 2.05) is 19.1 Å². The summed E-state index contributed by atoms with van der Waals surface area (Å²) in [4.78, 5) is 14.3. The third kappa shape index (κ3) is 6.17. The Morgan fingerprint density at radius 1 is 1.06 bits per heavy atom. The van der Waals surface area contributed by atoms with Crippen molar-refractivity contribution in [3.63, 3.8) is 0 Å². The molecule has 0 atom stereocenters. The summed E-state index contributed by atoms with van der Waals surface area (Å²) in [6, 6.07) is 10.4. The van der Waals surface area contributed by atoms with Crippen molar-refractivity contribution in [2.45, 2.75) is 64.3 Å². The molecular formula is C26H31F3INO3. The maximum absolute atomic E-state index is 12.9. The van der Waals surface area contributed by atoms with Crippen LogP contribution in [0.2, 0.25) is 0 Å². The monoisotopic (exact) mass is 589 g/mol. The number of likely N-dealkylation sites (tertiary alicyclic amines) is 1. The molecule has 1 saturated carbocycles. The summed E-state index contributed by atoms with van der Waals surface area (Å²) in [5, 5.41) is 2.21. The number of esters is 1. The standard InChI is InChI=1S/C26H31F3INO3/c1-2-33-25(32)18-11-13-31(14-12-18)16-17-3-9-22-19(15-17)4-10-23(24(22)30)34-21-7-5-20(6-8-21)26(27,28)29/h3-4,9-10,15,18,20-21H,2,5-8,11-14,16H2,1H3/t20-,21+. The Balaban J connectivity index is 1.35. The highest BCUT2D eigenvalue weighted by Gasteiger charge is 2.41. The average Bonchev–Trinajstić information content (AvgIpc) is 2.81. The second kappa shape index (κ2) is 11.0. The number of hydrogen-bond acceptors (Lipinski definition) is 4. The van der Waals surface area contributed by atoms with Crippen LogP contribution in [0.15, 0.2) is 30.3 Å². The zero-order valence-corrected chi connectivity index (χ0v) is 21.5. The number of fused-ring (bicyclic) bond motifs is 1. The van der Waals surface area contributed by atoms with Gasteiger partial charge in [0.15, 0.2) is 0 Å². The van der Waals surface area contributed by atoms with Gasteiger partial charge >= 0.3 is 12.1 Å². The van der Waals surface area contributed by atoms with Crippen molar-refractivity contribution < 1.29 is 27.4 Å². The smallest absolute Gasteiger partial charge is 0.391 e.